The summed E-state index contributed by atoms with van der Waals surface area (Å²) in [6.07, 6.45) is 3.48. The van der Waals surface area contributed by atoms with Crippen molar-refractivity contribution in [1.29, 1.82) is 0 Å². The Labute approximate surface area is 207 Å². The number of hydrogen-bond donors (Lipinski definition) is 0. The Kier molecular flexibility index (Phi) is 7.02. The van der Waals surface area contributed by atoms with Gasteiger partial charge in [-0.2, -0.15) is 14.0 Å². The molecule has 5 rings (SSSR count). The molecular formula is C28H24FN5O2. The van der Waals surface area contributed by atoms with E-state index in [1.165, 1.54) is 12.3 Å². The lowest BCUT2D eigenvalue weighted by Gasteiger charge is -2.07. The van der Waals surface area contributed by atoms with Gasteiger partial charge in [0, 0.05) is 24.6 Å². The maximum Gasteiger partial charge on any atom is 0.223 e. The number of carbonyl (C=O) groups excluding carboxylic acids is 1. The van der Waals surface area contributed by atoms with E-state index in [0.717, 1.165) is 28.4 Å². The number of aromatic nitrogens is 5. The van der Waals surface area contributed by atoms with Gasteiger partial charge in [0.2, 0.25) is 5.95 Å². The predicted octanol–water partition coefficient (Wildman–Crippen LogP) is 5.35. The van der Waals surface area contributed by atoms with Gasteiger partial charge < -0.3 is 4.74 Å². The number of ether oxygens (including phenoxy) is 1. The minimum Gasteiger partial charge on any atom is -0.494 e. The van der Waals surface area contributed by atoms with Gasteiger partial charge in [0.1, 0.15) is 5.75 Å². The average molecular weight is 482 g/mol. The second-order valence-corrected chi connectivity index (χ2v) is 8.36. The van der Waals surface area contributed by atoms with Crippen LogP contribution in [0.1, 0.15) is 41.0 Å². The standard InChI is InChI=1S/C28H24FN5O2/c29-28-23(9-6-17-30-28)25(35)10-4-5-18-36-22-13-11-20(12-14-22)19-27-32-31-26-16-15-24(33-34(26)27)21-7-2-1-3-8-21/h1-3,6-9,11-17H,4-5,10,18-19H2. The Hall–Kier alpha value is -4.46. The van der Waals surface area contributed by atoms with Crippen LogP contribution >= 0.6 is 0 Å². The second kappa shape index (κ2) is 10.9. The highest BCUT2D eigenvalue weighted by Gasteiger charge is 2.12. The molecule has 2 aromatic carbocycles. The van der Waals surface area contributed by atoms with E-state index in [0.29, 0.717) is 31.5 Å². The normalized spacial score (nSPS) is 11.0. The first-order chi connectivity index (χ1) is 17.7. The molecule has 0 aliphatic rings. The first-order valence-electron chi connectivity index (χ1n) is 11.8. The Bertz CT molecular complexity index is 1470. The lowest BCUT2D eigenvalue weighted by molar-refractivity contribution is 0.0973. The van der Waals surface area contributed by atoms with Crippen LogP contribution in [0.5, 0.6) is 5.75 Å². The van der Waals surface area contributed by atoms with E-state index in [-0.39, 0.29) is 17.8 Å². The highest BCUT2D eigenvalue weighted by Crippen LogP contribution is 2.19. The van der Waals surface area contributed by atoms with Crippen molar-refractivity contribution in [1.82, 2.24) is 24.8 Å². The number of benzene rings is 2. The summed E-state index contributed by atoms with van der Waals surface area (Å²) in [6.45, 7) is 0.475. The molecule has 8 heteroatoms. The number of ketones is 1. The van der Waals surface area contributed by atoms with Gasteiger partial charge in [0.25, 0.3) is 0 Å². The summed E-state index contributed by atoms with van der Waals surface area (Å²) in [7, 11) is 0. The summed E-state index contributed by atoms with van der Waals surface area (Å²) in [5.74, 6) is 0.548. The molecule has 3 heterocycles. The largest absolute Gasteiger partial charge is 0.494 e. The molecule has 7 nitrogen and oxygen atoms in total. The van der Waals surface area contributed by atoms with E-state index in [2.05, 4.69) is 15.2 Å². The quantitative estimate of drug-likeness (QED) is 0.152. The highest BCUT2D eigenvalue weighted by atomic mass is 19.1. The first kappa shape index (κ1) is 23.3. The van der Waals surface area contributed by atoms with Gasteiger partial charge in [-0.3, -0.25) is 4.79 Å². The zero-order valence-electron chi connectivity index (χ0n) is 19.5. The van der Waals surface area contributed by atoms with Gasteiger partial charge in [-0.05, 0) is 54.8 Å². The third kappa shape index (κ3) is 5.43. The van der Waals surface area contributed by atoms with Crippen LogP contribution in [-0.2, 0) is 6.42 Å². The molecule has 0 fully saturated rings. The number of unbranched alkanes of at least 4 members (excludes halogenated alkanes) is 1. The molecule has 0 N–H and O–H groups in total. The molecule has 0 aliphatic heterocycles. The zero-order valence-corrected chi connectivity index (χ0v) is 19.5. The molecule has 0 spiro atoms. The lowest BCUT2D eigenvalue weighted by Crippen LogP contribution is -2.05. The van der Waals surface area contributed by atoms with E-state index >= 15 is 0 Å². The van der Waals surface area contributed by atoms with Crippen molar-refractivity contribution in [3.8, 4) is 17.0 Å². The Balaban J connectivity index is 1.14. The molecule has 0 atom stereocenters. The number of nitrogens with zero attached hydrogens (tertiary/aromatic N) is 5. The maximum absolute atomic E-state index is 13.6. The van der Waals surface area contributed by atoms with Gasteiger partial charge in [0.05, 0.1) is 17.9 Å². The van der Waals surface area contributed by atoms with Crippen LogP contribution in [0.25, 0.3) is 16.9 Å². The van der Waals surface area contributed by atoms with Crippen molar-refractivity contribution in [3.63, 3.8) is 0 Å². The van der Waals surface area contributed by atoms with Gasteiger partial charge >= 0.3 is 0 Å². The van der Waals surface area contributed by atoms with Crippen molar-refractivity contribution < 1.29 is 13.9 Å². The van der Waals surface area contributed by atoms with Crippen LogP contribution in [0.4, 0.5) is 4.39 Å². The average Bonchev–Trinajstić information content (AvgIpc) is 3.32. The monoisotopic (exact) mass is 481 g/mol. The van der Waals surface area contributed by atoms with Crippen molar-refractivity contribution in [2.45, 2.75) is 25.7 Å². The molecule has 0 aliphatic carbocycles. The molecule has 0 amide bonds. The summed E-state index contributed by atoms with van der Waals surface area (Å²) < 4.78 is 21.2. The number of pyridine rings is 1. The van der Waals surface area contributed by atoms with Crippen LogP contribution in [0.3, 0.4) is 0 Å². The molecule has 0 bridgehead atoms. The molecule has 180 valence electrons. The van der Waals surface area contributed by atoms with E-state index in [9.17, 15) is 9.18 Å². The Morgan fingerprint density at radius 2 is 1.72 bits per heavy atom. The smallest absolute Gasteiger partial charge is 0.223 e. The summed E-state index contributed by atoms with van der Waals surface area (Å²) in [4.78, 5) is 15.6. The Morgan fingerprint density at radius 1 is 0.889 bits per heavy atom. The number of rotatable bonds is 10. The van der Waals surface area contributed by atoms with Crippen molar-refractivity contribution in [2.24, 2.45) is 0 Å². The first-order valence-corrected chi connectivity index (χ1v) is 11.8. The predicted molar refractivity (Wildman–Crippen MR) is 133 cm³/mol. The summed E-state index contributed by atoms with van der Waals surface area (Å²) in [5.41, 5.74) is 3.71. The third-order valence-corrected chi connectivity index (χ3v) is 5.81. The fourth-order valence-electron chi connectivity index (χ4n) is 3.90. The van der Waals surface area contributed by atoms with E-state index in [4.69, 9.17) is 9.84 Å². The van der Waals surface area contributed by atoms with Crippen LogP contribution in [0.2, 0.25) is 0 Å². The summed E-state index contributed by atoms with van der Waals surface area (Å²) in [5, 5.41) is 13.3. The zero-order chi connectivity index (χ0) is 24.7. The topological polar surface area (TPSA) is 82.3 Å². The van der Waals surface area contributed by atoms with E-state index in [1.54, 1.807) is 10.6 Å². The minimum atomic E-state index is -0.717. The number of hydrogen-bond acceptors (Lipinski definition) is 6. The third-order valence-electron chi connectivity index (χ3n) is 5.81. The van der Waals surface area contributed by atoms with Crippen LogP contribution < -0.4 is 4.74 Å². The van der Waals surface area contributed by atoms with Crippen LogP contribution in [-0.4, -0.2) is 37.2 Å². The summed E-state index contributed by atoms with van der Waals surface area (Å²) >= 11 is 0. The molecular weight excluding hydrogens is 457 g/mol. The molecule has 0 saturated heterocycles. The molecule has 3 aromatic heterocycles. The van der Waals surface area contributed by atoms with E-state index in [1.807, 2.05) is 66.7 Å². The number of fused-ring (bicyclic) bond motifs is 1. The van der Waals surface area contributed by atoms with Gasteiger partial charge in [0.15, 0.2) is 17.3 Å². The summed E-state index contributed by atoms with van der Waals surface area (Å²) in [6, 6.07) is 24.7. The number of carbonyl (C=O) groups is 1. The SMILES string of the molecule is O=C(CCCCOc1ccc(Cc2nnc3ccc(-c4ccccc4)nn23)cc1)c1cccnc1F. The van der Waals surface area contributed by atoms with Crippen molar-refractivity contribution in [3.05, 3.63) is 108 Å². The van der Waals surface area contributed by atoms with Crippen molar-refractivity contribution >= 4 is 11.4 Å². The van der Waals surface area contributed by atoms with Gasteiger partial charge in [-0.25, -0.2) is 4.98 Å². The number of halogens is 1. The Morgan fingerprint density at radius 3 is 2.53 bits per heavy atom. The second-order valence-electron chi connectivity index (χ2n) is 8.36. The molecule has 5 aromatic rings. The maximum atomic E-state index is 13.6. The minimum absolute atomic E-state index is 0.0425. The van der Waals surface area contributed by atoms with Gasteiger partial charge in [-0.15, -0.1) is 10.2 Å². The highest BCUT2D eigenvalue weighted by molar-refractivity contribution is 5.95. The molecule has 0 saturated carbocycles. The molecule has 0 unspecified atom stereocenters. The fraction of sp³-hybridized carbons (Fsp3) is 0.179. The lowest BCUT2D eigenvalue weighted by atomic mass is 10.1. The molecule has 0 radical (unpaired) electrons. The van der Waals surface area contributed by atoms with Gasteiger partial charge in [-0.1, -0.05) is 42.5 Å². The molecule has 36 heavy (non-hydrogen) atoms. The number of Topliss-reactive ketones (excluding diaryl/α,β-unsaturated/α-hetero) is 1. The van der Waals surface area contributed by atoms with E-state index < -0.39 is 5.95 Å². The van der Waals surface area contributed by atoms with Crippen LogP contribution in [0, 0.1) is 5.95 Å². The van der Waals surface area contributed by atoms with Crippen molar-refractivity contribution in [2.75, 3.05) is 6.61 Å². The fourth-order valence-corrected chi connectivity index (χ4v) is 3.90. The van der Waals surface area contributed by atoms with Crippen LogP contribution in [0.15, 0.2) is 85.1 Å².